The Morgan fingerprint density at radius 1 is 1.37 bits per heavy atom. The third-order valence-corrected chi connectivity index (χ3v) is 4.90. The first-order valence-corrected chi connectivity index (χ1v) is 7.58. The van der Waals surface area contributed by atoms with Crippen molar-refractivity contribution >= 4 is 10.0 Å². The minimum Gasteiger partial charge on any atom is -0.316 e. The summed E-state index contributed by atoms with van der Waals surface area (Å²) in [6.45, 7) is 1.20. The van der Waals surface area contributed by atoms with E-state index in [-0.39, 0.29) is 4.90 Å². The van der Waals surface area contributed by atoms with Gasteiger partial charge in [0.05, 0.1) is 0 Å². The van der Waals surface area contributed by atoms with Crippen molar-refractivity contribution in [2.75, 3.05) is 20.1 Å². The van der Waals surface area contributed by atoms with Crippen LogP contribution >= 0.6 is 0 Å². The Morgan fingerprint density at radius 3 is 2.79 bits per heavy atom. The van der Waals surface area contributed by atoms with E-state index in [1.807, 2.05) is 6.08 Å². The molecule has 0 fully saturated rings. The summed E-state index contributed by atoms with van der Waals surface area (Å²) in [6.07, 6.45) is 4.38. The first-order chi connectivity index (χ1) is 9.05. The van der Waals surface area contributed by atoms with Gasteiger partial charge in [0.2, 0.25) is 10.0 Å². The summed E-state index contributed by atoms with van der Waals surface area (Å²) >= 11 is 0. The van der Waals surface area contributed by atoms with Crippen LogP contribution in [0, 0.1) is 5.82 Å². The fourth-order valence-corrected chi connectivity index (χ4v) is 3.56. The fraction of sp³-hybridized carbons (Fsp3) is 0.385. The molecular weight excluding hydrogens is 267 g/mol. The molecule has 2 rings (SSSR count). The minimum absolute atomic E-state index is 0.240. The van der Waals surface area contributed by atoms with E-state index in [4.69, 9.17) is 0 Å². The van der Waals surface area contributed by atoms with Crippen LogP contribution in [0.15, 0.2) is 35.2 Å². The zero-order valence-electron chi connectivity index (χ0n) is 10.8. The summed E-state index contributed by atoms with van der Waals surface area (Å²) in [5.74, 6) is -0.700. The molecule has 0 saturated heterocycles. The zero-order valence-corrected chi connectivity index (χ0v) is 11.6. The Bertz CT molecular complexity index is 584. The highest BCUT2D eigenvalue weighted by molar-refractivity contribution is 7.89. The second kappa shape index (κ2) is 5.81. The van der Waals surface area contributed by atoms with E-state index in [0.29, 0.717) is 26.1 Å². The lowest BCUT2D eigenvalue weighted by Crippen LogP contribution is -2.34. The predicted molar refractivity (Wildman–Crippen MR) is 71.7 cm³/mol. The van der Waals surface area contributed by atoms with Crippen molar-refractivity contribution in [1.29, 1.82) is 0 Å². The molecular formula is C13H17FN2O2S. The molecule has 0 radical (unpaired) electrons. The highest BCUT2D eigenvalue weighted by Gasteiger charge is 2.27. The second-order valence-electron chi connectivity index (χ2n) is 4.42. The summed E-state index contributed by atoms with van der Waals surface area (Å²) in [4.78, 5) is -0.240. The number of hydrogen-bond acceptors (Lipinski definition) is 3. The van der Waals surface area contributed by atoms with E-state index in [0.717, 1.165) is 5.56 Å². The van der Waals surface area contributed by atoms with Crippen molar-refractivity contribution in [1.82, 2.24) is 9.62 Å². The van der Waals surface area contributed by atoms with Crippen LogP contribution in [0.5, 0.6) is 0 Å². The van der Waals surface area contributed by atoms with Gasteiger partial charge in [-0.3, -0.25) is 0 Å². The van der Waals surface area contributed by atoms with Crippen LogP contribution < -0.4 is 5.32 Å². The smallest absolute Gasteiger partial charge is 0.246 e. The zero-order chi connectivity index (χ0) is 13.9. The van der Waals surface area contributed by atoms with Crippen molar-refractivity contribution < 1.29 is 12.8 Å². The molecule has 1 aliphatic heterocycles. The fourth-order valence-electron chi connectivity index (χ4n) is 2.04. The molecule has 6 heteroatoms. The monoisotopic (exact) mass is 284 g/mol. The average Bonchev–Trinajstić information content (AvgIpc) is 2.42. The lowest BCUT2D eigenvalue weighted by molar-refractivity contribution is 0.432. The molecule has 0 saturated carbocycles. The van der Waals surface area contributed by atoms with Crippen LogP contribution in [-0.2, 0) is 16.6 Å². The molecule has 0 unspecified atom stereocenters. The molecule has 1 aromatic carbocycles. The van der Waals surface area contributed by atoms with Crippen LogP contribution in [0.25, 0.3) is 0 Å². The number of benzene rings is 1. The van der Waals surface area contributed by atoms with Gasteiger partial charge >= 0.3 is 0 Å². The largest absolute Gasteiger partial charge is 0.316 e. The Balaban J connectivity index is 2.38. The van der Waals surface area contributed by atoms with E-state index in [2.05, 4.69) is 5.32 Å². The van der Waals surface area contributed by atoms with Gasteiger partial charge in [0, 0.05) is 19.6 Å². The molecule has 19 heavy (non-hydrogen) atoms. The van der Waals surface area contributed by atoms with Gasteiger partial charge in [-0.15, -0.1) is 0 Å². The minimum atomic E-state index is -3.75. The summed E-state index contributed by atoms with van der Waals surface area (Å²) in [6, 6.07) is 4.19. The van der Waals surface area contributed by atoms with Crippen molar-refractivity contribution in [3.63, 3.8) is 0 Å². The predicted octanol–water partition coefficient (Wildman–Crippen LogP) is 1.50. The van der Waals surface area contributed by atoms with Crippen LogP contribution in [0.3, 0.4) is 0 Å². The first-order valence-electron chi connectivity index (χ1n) is 6.14. The van der Waals surface area contributed by atoms with Crippen LogP contribution in [-0.4, -0.2) is 32.9 Å². The molecule has 0 spiro atoms. The lowest BCUT2D eigenvalue weighted by Gasteiger charge is -2.23. The van der Waals surface area contributed by atoms with Gasteiger partial charge in [0.1, 0.15) is 10.7 Å². The molecule has 0 amide bonds. The van der Waals surface area contributed by atoms with Crippen molar-refractivity contribution in [3.05, 3.63) is 41.7 Å². The van der Waals surface area contributed by atoms with E-state index in [1.165, 1.54) is 16.4 Å². The van der Waals surface area contributed by atoms with Crippen molar-refractivity contribution in [2.45, 2.75) is 17.9 Å². The van der Waals surface area contributed by atoms with Gasteiger partial charge in [-0.1, -0.05) is 18.2 Å². The first kappa shape index (κ1) is 14.2. The molecule has 0 atom stereocenters. The van der Waals surface area contributed by atoms with Gasteiger partial charge in [0.15, 0.2) is 0 Å². The molecule has 4 nitrogen and oxygen atoms in total. The molecule has 0 aliphatic carbocycles. The number of rotatable bonds is 4. The SMILES string of the molecule is CNCc1ccc(F)c(S(=O)(=O)N2CC=CCC2)c1. The van der Waals surface area contributed by atoms with E-state index >= 15 is 0 Å². The molecule has 1 N–H and O–H groups in total. The summed E-state index contributed by atoms with van der Waals surface area (Å²) in [5, 5.41) is 2.92. The maximum atomic E-state index is 13.8. The molecule has 0 bridgehead atoms. The van der Waals surface area contributed by atoms with Gasteiger partial charge < -0.3 is 5.32 Å². The number of nitrogens with zero attached hydrogens (tertiary/aromatic N) is 1. The second-order valence-corrected chi connectivity index (χ2v) is 6.32. The number of hydrogen-bond donors (Lipinski definition) is 1. The van der Waals surface area contributed by atoms with Crippen LogP contribution in [0.2, 0.25) is 0 Å². The molecule has 1 aliphatic rings. The summed E-state index contributed by atoms with van der Waals surface area (Å²) in [7, 11) is -2.00. The maximum absolute atomic E-state index is 13.8. The summed E-state index contributed by atoms with van der Waals surface area (Å²) < 4.78 is 39.9. The third-order valence-electron chi connectivity index (χ3n) is 3.02. The van der Waals surface area contributed by atoms with Gasteiger partial charge in [-0.05, 0) is 31.2 Å². The van der Waals surface area contributed by atoms with E-state index in [1.54, 1.807) is 19.2 Å². The Kier molecular flexibility index (Phi) is 4.34. The lowest BCUT2D eigenvalue weighted by atomic mass is 10.2. The third kappa shape index (κ3) is 3.02. The van der Waals surface area contributed by atoms with E-state index in [9.17, 15) is 12.8 Å². The number of sulfonamides is 1. The van der Waals surface area contributed by atoms with E-state index < -0.39 is 15.8 Å². The number of halogens is 1. The van der Waals surface area contributed by atoms with Crippen molar-refractivity contribution in [2.24, 2.45) is 0 Å². The highest BCUT2D eigenvalue weighted by Crippen LogP contribution is 2.22. The summed E-state index contributed by atoms with van der Waals surface area (Å²) in [5.41, 5.74) is 0.745. The Morgan fingerprint density at radius 2 is 2.16 bits per heavy atom. The van der Waals surface area contributed by atoms with Crippen LogP contribution in [0.1, 0.15) is 12.0 Å². The van der Waals surface area contributed by atoms with Crippen LogP contribution in [0.4, 0.5) is 4.39 Å². The molecule has 104 valence electrons. The standard InChI is InChI=1S/C13H17FN2O2S/c1-15-10-11-5-6-12(14)13(9-11)19(17,18)16-7-3-2-4-8-16/h2-3,5-6,9,15H,4,7-8,10H2,1H3. The van der Waals surface area contributed by atoms with Gasteiger partial charge in [-0.25, -0.2) is 12.8 Å². The maximum Gasteiger partial charge on any atom is 0.246 e. The Hall–Kier alpha value is -1.24. The Labute approximate surface area is 113 Å². The normalized spacial score (nSPS) is 16.7. The molecule has 1 aromatic rings. The highest BCUT2D eigenvalue weighted by atomic mass is 32.2. The van der Waals surface area contributed by atoms with Gasteiger partial charge in [-0.2, -0.15) is 4.31 Å². The molecule has 1 heterocycles. The average molecular weight is 284 g/mol. The topological polar surface area (TPSA) is 49.4 Å². The van der Waals surface area contributed by atoms with Crippen molar-refractivity contribution in [3.8, 4) is 0 Å². The quantitative estimate of drug-likeness (QED) is 0.852. The molecule has 0 aromatic heterocycles. The number of nitrogens with one attached hydrogen (secondary N) is 1. The van der Waals surface area contributed by atoms with Gasteiger partial charge in [0.25, 0.3) is 0 Å².